The standard InChI is InChI=1S/C9H18N2OS.ClH/c1-3-8(10)9(12)11-4-5-13-6-7(11)2;/h7-8H,3-6,10H2,1-2H3;1H/t7?,8-;/m0./s1. The van der Waals surface area contributed by atoms with Crippen molar-refractivity contribution in [1.29, 1.82) is 0 Å². The highest BCUT2D eigenvalue weighted by Crippen LogP contribution is 2.16. The maximum Gasteiger partial charge on any atom is 0.239 e. The van der Waals surface area contributed by atoms with Crippen molar-refractivity contribution in [2.45, 2.75) is 32.4 Å². The first-order valence-electron chi connectivity index (χ1n) is 4.80. The molecule has 0 aromatic heterocycles. The molecular formula is C9H19ClN2OS. The van der Waals surface area contributed by atoms with Gasteiger partial charge in [-0.2, -0.15) is 11.8 Å². The lowest BCUT2D eigenvalue weighted by Crippen LogP contribution is -2.51. The molecule has 1 aliphatic rings. The topological polar surface area (TPSA) is 46.3 Å². The van der Waals surface area contributed by atoms with Crippen LogP contribution in [-0.4, -0.2) is 40.9 Å². The number of rotatable bonds is 2. The Morgan fingerprint density at radius 1 is 1.71 bits per heavy atom. The summed E-state index contributed by atoms with van der Waals surface area (Å²) >= 11 is 1.91. The second kappa shape index (κ2) is 6.53. The third-order valence-corrected chi connectivity index (χ3v) is 3.60. The highest BCUT2D eigenvalue weighted by Gasteiger charge is 2.26. The highest BCUT2D eigenvalue weighted by atomic mass is 35.5. The highest BCUT2D eigenvalue weighted by molar-refractivity contribution is 7.99. The number of amides is 1. The van der Waals surface area contributed by atoms with Crippen LogP contribution < -0.4 is 5.73 Å². The van der Waals surface area contributed by atoms with Gasteiger partial charge >= 0.3 is 0 Å². The molecule has 84 valence electrons. The number of halogens is 1. The lowest BCUT2D eigenvalue weighted by atomic mass is 10.2. The van der Waals surface area contributed by atoms with Crippen molar-refractivity contribution in [3.05, 3.63) is 0 Å². The molecule has 1 fully saturated rings. The minimum atomic E-state index is -0.300. The first-order chi connectivity index (χ1) is 6.16. The summed E-state index contributed by atoms with van der Waals surface area (Å²) in [5.41, 5.74) is 5.71. The molecule has 0 aromatic rings. The van der Waals surface area contributed by atoms with Crippen molar-refractivity contribution in [2.24, 2.45) is 5.73 Å². The molecule has 1 unspecified atom stereocenters. The lowest BCUT2D eigenvalue weighted by molar-refractivity contribution is -0.134. The van der Waals surface area contributed by atoms with Crippen LogP contribution in [0.3, 0.4) is 0 Å². The van der Waals surface area contributed by atoms with E-state index in [0.717, 1.165) is 24.5 Å². The molecule has 2 N–H and O–H groups in total. The van der Waals surface area contributed by atoms with E-state index in [2.05, 4.69) is 6.92 Å². The van der Waals surface area contributed by atoms with Gasteiger partial charge in [-0.3, -0.25) is 4.79 Å². The van der Waals surface area contributed by atoms with Crippen LogP contribution in [-0.2, 0) is 4.79 Å². The molecule has 5 heteroatoms. The fourth-order valence-corrected chi connectivity index (χ4v) is 2.46. The Labute approximate surface area is 96.2 Å². The molecule has 0 bridgehead atoms. The van der Waals surface area contributed by atoms with Crippen LogP contribution in [0.1, 0.15) is 20.3 Å². The molecule has 1 saturated heterocycles. The Hall–Kier alpha value is 0.0700. The zero-order chi connectivity index (χ0) is 9.84. The van der Waals surface area contributed by atoms with Gasteiger partial charge in [0.15, 0.2) is 0 Å². The number of hydrogen-bond acceptors (Lipinski definition) is 3. The number of carbonyl (C=O) groups excluding carboxylic acids is 1. The van der Waals surface area contributed by atoms with Gasteiger partial charge in [0, 0.05) is 24.1 Å². The van der Waals surface area contributed by atoms with Gasteiger partial charge in [-0.15, -0.1) is 12.4 Å². The fourth-order valence-electron chi connectivity index (χ4n) is 1.44. The van der Waals surface area contributed by atoms with Crippen molar-refractivity contribution in [3.63, 3.8) is 0 Å². The summed E-state index contributed by atoms with van der Waals surface area (Å²) in [7, 11) is 0. The fraction of sp³-hybridized carbons (Fsp3) is 0.889. The molecule has 14 heavy (non-hydrogen) atoms. The normalized spacial score (nSPS) is 23.9. The smallest absolute Gasteiger partial charge is 0.239 e. The summed E-state index contributed by atoms with van der Waals surface area (Å²) in [6.45, 7) is 4.90. The van der Waals surface area contributed by atoms with E-state index in [-0.39, 0.29) is 24.4 Å². The van der Waals surface area contributed by atoms with Crippen LogP contribution in [0.25, 0.3) is 0 Å². The Balaban J connectivity index is 0.00000169. The van der Waals surface area contributed by atoms with Crippen LogP contribution in [0.2, 0.25) is 0 Å². The van der Waals surface area contributed by atoms with Gasteiger partial charge in [0.25, 0.3) is 0 Å². The predicted octanol–water partition coefficient (Wildman–Crippen LogP) is 1.11. The number of carbonyl (C=O) groups is 1. The van der Waals surface area contributed by atoms with Gasteiger partial charge in [0.05, 0.1) is 6.04 Å². The van der Waals surface area contributed by atoms with Gasteiger partial charge in [0.1, 0.15) is 0 Å². The lowest BCUT2D eigenvalue weighted by Gasteiger charge is -2.34. The molecular weight excluding hydrogens is 220 g/mol. The van der Waals surface area contributed by atoms with Crippen LogP contribution >= 0.6 is 24.2 Å². The molecule has 0 saturated carbocycles. The second-order valence-electron chi connectivity index (χ2n) is 3.47. The van der Waals surface area contributed by atoms with Gasteiger partial charge < -0.3 is 10.6 Å². The summed E-state index contributed by atoms with van der Waals surface area (Å²) in [4.78, 5) is 13.7. The Morgan fingerprint density at radius 3 is 2.86 bits per heavy atom. The first-order valence-corrected chi connectivity index (χ1v) is 5.96. The number of nitrogens with two attached hydrogens (primary N) is 1. The van der Waals surface area contributed by atoms with Crippen LogP contribution in [0, 0.1) is 0 Å². The number of thioether (sulfide) groups is 1. The van der Waals surface area contributed by atoms with Crippen molar-refractivity contribution in [1.82, 2.24) is 4.90 Å². The average molecular weight is 239 g/mol. The minimum absolute atomic E-state index is 0. The van der Waals surface area contributed by atoms with E-state index >= 15 is 0 Å². The molecule has 0 radical (unpaired) electrons. The summed E-state index contributed by atoms with van der Waals surface area (Å²) in [6.07, 6.45) is 0.731. The SMILES string of the molecule is CC[C@H](N)C(=O)N1CCSCC1C.Cl. The summed E-state index contributed by atoms with van der Waals surface area (Å²) in [5, 5.41) is 0. The molecule has 1 amide bonds. The summed E-state index contributed by atoms with van der Waals surface area (Å²) in [6, 6.07) is 0.0504. The van der Waals surface area contributed by atoms with E-state index < -0.39 is 0 Å². The molecule has 1 aliphatic heterocycles. The van der Waals surface area contributed by atoms with Gasteiger partial charge in [-0.1, -0.05) is 6.92 Å². The maximum atomic E-state index is 11.7. The molecule has 3 nitrogen and oxygen atoms in total. The van der Waals surface area contributed by atoms with E-state index in [4.69, 9.17) is 5.73 Å². The van der Waals surface area contributed by atoms with E-state index in [1.54, 1.807) is 0 Å². The summed E-state index contributed by atoms with van der Waals surface area (Å²) in [5.74, 6) is 2.21. The monoisotopic (exact) mass is 238 g/mol. The predicted molar refractivity (Wildman–Crippen MR) is 64.0 cm³/mol. The van der Waals surface area contributed by atoms with E-state index in [1.165, 1.54) is 0 Å². The van der Waals surface area contributed by atoms with Crippen molar-refractivity contribution in [3.8, 4) is 0 Å². The molecule has 0 aliphatic carbocycles. The van der Waals surface area contributed by atoms with Crippen molar-refractivity contribution in [2.75, 3.05) is 18.1 Å². The van der Waals surface area contributed by atoms with Gasteiger partial charge in [-0.05, 0) is 13.3 Å². The third-order valence-electron chi connectivity index (χ3n) is 2.41. The zero-order valence-corrected chi connectivity index (χ0v) is 10.4. The Kier molecular flexibility index (Phi) is 6.57. The maximum absolute atomic E-state index is 11.7. The minimum Gasteiger partial charge on any atom is -0.337 e. The molecule has 1 rings (SSSR count). The number of hydrogen-bond donors (Lipinski definition) is 1. The third kappa shape index (κ3) is 3.33. The molecule has 0 aromatic carbocycles. The van der Waals surface area contributed by atoms with E-state index in [0.29, 0.717) is 6.04 Å². The van der Waals surface area contributed by atoms with Crippen LogP contribution in [0.4, 0.5) is 0 Å². The van der Waals surface area contributed by atoms with Crippen LogP contribution in [0.5, 0.6) is 0 Å². The zero-order valence-electron chi connectivity index (χ0n) is 8.73. The Morgan fingerprint density at radius 2 is 2.36 bits per heavy atom. The van der Waals surface area contributed by atoms with Gasteiger partial charge in [0.2, 0.25) is 5.91 Å². The molecule has 2 atom stereocenters. The molecule has 0 spiro atoms. The largest absolute Gasteiger partial charge is 0.337 e. The first kappa shape index (κ1) is 14.1. The number of nitrogens with zero attached hydrogens (tertiary/aromatic N) is 1. The summed E-state index contributed by atoms with van der Waals surface area (Å²) < 4.78 is 0. The Bertz CT molecular complexity index is 192. The van der Waals surface area contributed by atoms with E-state index in [9.17, 15) is 4.79 Å². The van der Waals surface area contributed by atoms with Gasteiger partial charge in [-0.25, -0.2) is 0 Å². The quantitative estimate of drug-likeness (QED) is 0.784. The van der Waals surface area contributed by atoms with Crippen molar-refractivity contribution < 1.29 is 4.79 Å². The second-order valence-corrected chi connectivity index (χ2v) is 4.62. The van der Waals surface area contributed by atoms with E-state index in [1.807, 2.05) is 23.6 Å². The molecule has 1 heterocycles. The van der Waals surface area contributed by atoms with Crippen LogP contribution in [0.15, 0.2) is 0 Å². The average Bonchev–Trinajstić information content (AvgIpc) is 2.16. The van der Waals surface area contributed by atoms with Crippen molar-refractivity contribution >= 4 is 30.1 Å².